The molecule has 3 aromatic heterocycles. The predicted molar refractivity (Wildman–Crippen MR) is 127 cm³/mol. The van der Waals surface area contributed by atoms with Gasteiger partial charge < -0.3 is 9.88 Å². The molecule has 0 spiro atoms. The van der Waals surface area contributed by atoms with Crippen molar-refractivity contribution in [2.75, 3.05) is 11.1 Å². The number of hydrogen-bond donors (Lipinski definition) is 1. The minimum atomic E-state index is -0.0940. The van der Waals surface area contributed by atoms with Gasteiger partial charge in [0.15, 0.2) is 9.50 Å². The smallest absolute Gasteiger partial charge is 0.235 e. The normalized spacial score (nSPS) is 11.5. The van der Waals surface area contributed by atoms with Gasteiger partial charge in [-0.25, -0.2) is 9.67 Å². The number of benzene rings is 1. The lowest BCUT2D eigenvalue weighted by Crippen LogP contribution is -2.18. The molecule has 0 bridgehead atoms. The van der Waals surface area contributed by atoms with E-state index in [1.54, 1.807) is 40.0 Å². The van der Waals surface area contributed by atoms with Crippen LogP contribution in [0.15, 0.2) is 46.0 Å². The van der Waals surface area contributed by atoms with Crippen molar-refractivity contribution >= 4 is 56.8 Å². The maximum atomic E-state index is 12.4. The highest BCUT2D eigenvalue weighted by atomic mass is 32.2. The van der Waals surface area contributed by atoms with Crippen LogP contribution in [0.1, 0.15) is 32.6 Å². The van der Waals surface area contributed by atoms with Crippen molar-refractivity contribution in [2.45, 2.75) is 48.6 Å². The summed E-state index contributed by atoms with van der Waals surface area (Å²) in [6.07, 6.45) is 1.69. The fraction of sp³-hybridized carbons (Fsp3) is 0.350. The van der Waals surface area contributed by atoms with Crippen LogP contribution in [0.5, 0.6) is 0 Å². The standard InChI is InChI=1S/C20H23N7OS3/c1-4-26-17(11-30-20-22-14-7-5-6-8-15(14)31-20)24-25-19(26)29-12-18(28)23-16-9-10-21-27(16)13(2)3/h5-10,13H,4,11-12H2,1-3H3,(H,23,28). The number of para-hydroxylation sites is 1. The van der Waals surface area contributed by atoms with Crippen LogP contribution in [0.25, 0.3) is 10.2 Å². The number of anilines is 1. The zero-order valence-corrected chi connectivity index (χ0v) is 19.9. The molecule has 0 atom stereocenters. The summed E-state index contributed by atoms with van der Waals surface area (Å²) in [5.41, 5.74) is 1.02. The van der Waals surface area contributed by atoms with Crippen molar-refractivity contribution in [3.8, 4) is 0 Å². The second-order valence-electron chi connectivity index (χ2n) is 6.97. The van der Waals surface area contributed by atoms with Crippen LogP contribution in [0.3, 0.4) is 0 Å². The Morgan fingerprint density at radius 2 is 2.03 bits per heavy atom. The highest BCUT2D eigenvalue weighted by Crippen LogP contribution is 2.31. The molecule has 4 aromatic rings. The maximum absolute atomic E-state index is 12.4. The zero-order chi connectivity index (χ0) is 21.8. The first kappa shape index (κ1) is 21.8. The fourth-order valence-electron chi connectivity index (χ4n) is 3.02. The van der Waals surface area contributed by atoms with Crippen molar-refractivity contribution in [3.63, 3.8) is 0 Å². The molecule has 0 saturated heterocycles. The molecule has 0 aliphatic heterocycles. The average molecular weight is 474 g/mol. The molecule has 0 unspecified atom stereocenters. The van der Waals surface area contributed by atoms with Crippen LogP contribution >= 0.6 is 34.9 Å². The third-order valence-electron chi connectivity index (χ3n) is 4.47. The van der Waals surface area contributed by atoms with E-state index in [2.05, 4.69) is 43.2 Å². The molecule has 0 saturated carbocycles. The molecule has 4 rings (SSSR count). The number of aromatic nitrogens is 6. The molecular formula is C20H23N7OS3. The van der Waals surface area contributed by atoms with Gasteiger partial charge in [0.1, 0.15) is 11.6 Å². The first-order valence-corrected chi connectivity index (χ1v) is 12.7. The second-order valence-corrected chi connectivity index (χ2v) is 10.2. The van der Waals surface area contributed by atoms with Gasteiger partial charge in [0.25, 0.3) is 0 Å². The Labute approximate surface area is 192 Å². The van der Waals surface area contributed by atoms with E-state index < -0.39 is 0 Å². The van der Waals surface area contributed by atoms with Gasteiger partial charge in [0.05, 0.1) is 27.9 Å². The van der Waals surface area contributed by atoms with E-state index in [9.17, 15) is 4.79 Å². The Morgan fingerprint density at radius 3 is 2.81 bits per heavy atom. The van der Waals surface area contributed by atoms with E-state index in [4.69, 9.17) is 0 Å². The van der Waals surface area contributed by atoms with Crippen LogP contribution in [0.4, 0.5) is 5.82 Å². The van der Waals surface area contributed by atoms with E-state index in [1.807, 2.05) is 32.0 Å². The lowest BCUT2D eigenvalue weighted by Gasteiger charge is -2.11. The molecule has 3 heterocycles. The number of carbonyl (C=O) groups excluding carboxylic acids is 1. The number of nitrogens with one attached hydrogen (secondary N) is 1. The summed E-state index contributed by atoms with van der Waals surface area (Å²) in [5.74, 6) is 2.43. The number of nitrogens with zero attached hydrogens (tertiary/aromatic N) is 6. The van der Waals surface area contributed by atoms with Crippen LogP contribution in [0, 0.1) is 0 Å². The van der Waals surface area contributed by atoms with Gasteiger partial charge in [-0.05, 0) is 32.9 Å². The van der Waals surface area contributed by atoms with Crippen LogP contribution < -0.4 is 5.32 Å². The number of amides is 1. The summed E-state index contributed by atoms with van der Waals surface area (Å²) in [6.45, 7) is 6.84. The Hall–Kier alpha value is -2.37. The highest BCUT2D eigenvalue weighted by Gasteiger charge is 2.15. The molecule has 0 fully saturated rings. The molecule has 0 radical (unpaired) electrons. The van der Waals surface area contributed by atoms with Gasteiger partial charge in [-0.2, -0.15) is 5.10 Å². The third-order valence-corrected chi connectivity index (χ3v) is 7.61. The summed E-state index contributed by atoms with van der Waals surface area (Å²) in [5, 5.41) is 16.6. The quantitative estimate of drug-likeness (QED) is 0.352. The van der Waals surface area contributed by atoms with Crippen LogP contribution in [-0.4, -0.2) is 41.2 Å². The summed E-state index contributed by atoms with van der Waals surface area (Å²) in [7, 11) is 0. The van der Waals surface area contributed by atoms with Gasteiger partial charge in [-0.3, -0.25) is 4.79 Å². The Balaban J connectivity index is 1.36. The van der Waals surface area contributed by atoms with E-state index in [0.29, 0.717) is 11.6 Å². The molecule has 162 valence electrons. The van der Waals surface area contributed by atoms with E-state index in [1.165, 1.54) is 16.5 Å². The maximum Gasteiger partial charge on any atom is 0.235 e. The molecule has 0 aliphatic carbocycles. The summed E-state index contributed by atoms with van der Waals surface area (Å²) >= 11 is 4.73. The van der Waals surface area contributed by atoms with Crippen molar-refractivity contribution in [1.29, 1.82) is 0 Å². The highest BCUT2D eigenvalue weighted by molar-refractivity contribution is 8.00. The minimum Gasteiger partial charge on any atom is -0.310 e. The Morgan fingerprint density at radius 1 is 1.19 bits per heavy atom. The van der Waals surface area contributed by atoms with E-state index in [-0.39, 0.29) is 17.7 Å². The summed E-state index contributed by atoms with van der Waals surface area (Å²) < 4.78 is 6.04. The van der Waals surface area contributed by atoms with Gasteiger partial charge in [0.2, 0.25) is 5.91 Å². The number of thiazole rings is 1. The van der Waals surface area contributed by atoms with Gasteiger partial charge in [0, 0.05) is 18.7 Å². The Bertz CT molecular complexity index is 1150. The molecule has 1 N–H and O–H groups in total. The Kier molecular flexibility index (Phi) is 6.93. The molecule has 1 aromatic carbocycles. The largest absolute Gasteiger partial charge is 0.310 e. The van der Waals surface area contributed by atoms with E-state index in [0.717, 1.165) is 27.4 Å². The minimum absolute atomic E-state index is 0.0940. The lowest BCUT2D eigenvalue weighted by molar-refractivity contribution is -0.113. The molecule has 8 nitrogen and oxygen atoms in total. The van der Waals surface area contributed by atoms with Crippen molar-refractivity contribution in [2.24, 2.45) is 0 Å². The molecule has 31 heavy (non-hydrogen) atoms. The number of rotatable bonds is 9. The first-order chi connectivity index (χ1) is 15.0. The third kappa shape index (κ3) is 5.10. The van der Waals surface area contributed by atoms with Crippen molar-refractivity contribution in [3.05, 3.63) is 42.4 Å². The fourth-order valence-corrected chi connectivity index (χ4v) is 5.85. The first-order valence-electron chi connectivity index (χ1n) is 9.91. The number of thioether (sulfide) groups is 2. The molecular weight excluding hydrogens is 450 g/mol. The molecule has 11 heteroatoms. The van der Waals surface area contributed by atoms with Gasteiger partial charge in [-0.15, -0.1) is 21.5 Å². The number of fused-ring (bicyclic) bond motifs is 1. The predicted octanol–water partition coefficient (Wildman–Crippen LogP) is 4.71. The van der Waals surface area contributed by atoms with Crippen LogP contribution in [0.2, 0.25) is 0 Å². The lowest BCUT2D eigenvalue weighted by atomic mass is 10.3. The topological polar surface area (TPSA) is 90.5 Å². The monoisotopic (exact) mass is 473 g/mol. The number of hydrogen-bond acceptors (Lipinski definition) is 8. The second kappa shape index (κ2) is 9.84. The molecule has 1 amide bonds. The van der Waals surface area contributed by atoms with E-state index >= 15 is 0 Å². The molecule has 0 aliphatic rings. The number of carbonyl (C=O) groups is 1. The van der Waals surface area contributed by atoms with Gasteiger partial charge >= 0.3 is 0 Å². The SMILES string of the molecule is CCn1c(CSc2nc3ccccc3s2)nnc1SCC(=O)Nc1ccnn1C(C)C. The summed E-state index contributed by atoms with van der Waals surface area (Å²) in [4.78, 5) is 17.1. The van der Waals surface area contributed by atoms with Crippen molar-refractivity contribution < 1.29 is 4.79 Å². The van der Waals surface area contributed by atoms with Crippen LogP contribution in [-0.2, 0) is 17.1 Å². The van der Waals surface area contributed by atoms with Gasteiger partial charge in [-0.1, -0.05) is 35.7 Å². The summed E-state index contributed by atoms with van der Waals surface area (Å²) in [6, 6.07) is 10.1. The average Bonchev–Trinajstić information content (AvgIpc) is 3.47. The zero-order valence-electron chi connectivity index (χ0n) is 17.5. The van der Waals surface area contributed by atoms with Crippen molar-refractivity contribution in [1.82, 2.24) is 29.5 Å².